The molecule has 1 unspecified atom stereocenters. The van der Waals surface area contributed by atoms with E-state index in [2.05, 4.69) is 15.2 Å². The van der Waals surface area contributed by atoms with Gasteiger partial charge in [-0.25, -0.2) is 4.98 Å². The van der Waals surface area contributed by atoms with Crippen molar-refractivity contribution in [3.8, 4) is 0 Å². The molecule has 24 heavy (non-hydrogen) atoms. The van der Waals surface area contributed by atoms with E-state index in [1.807, 2.05) is 10.8 Å². The molecule has 2 N–H and O–H groups in total. The Morgan fingerprint density at radius 3 is 2.79 bits per heavy atom. The summed E-state index contributed by atoms with van der Waals surface area (Å²) in [5.41, 5.74) is -0.341. The summed E-state index contributed by atoms with van der Waals surface area (Å²) >= 11 is 0. The second-order valence-electron chi connectivity index (χ2n) is 7.38. The Bertz CT molecular complexity index is 566. The third-order valence-electron chi connectivity index (χ3n) is 5.73. The smallest absolute Gasteiger partial charge is 0.240 e. The zero-order valence-corrected chi connectivity index (χ0v) is 13.9. The van der Waals surface area contributed by atoms with Crippen LogP contribution in [0.25, 0.3) is 0 Å². The highest BCUT2D eigenvalue weighted by atomic mass is 16.5. The molecule has 0 radical (unpaired) electrons. The Balaban J connectivity index is 1.34. The highest BCUT2D eigenvalue weighted by Gasteiger charge is 2.55. The number of nitrogens with one attached hydrogen (secondary N) is 1. The van der Waals surface area contributed by atoms with E-state index in [-0.39, 0.29) is 17.5 Å². The average Bonchev–Trinajstić information content (AvgIpc) is 3.13. The summed E-state index contributed by atoms with van der Waals surface area (Å²) in [6.07, 6.45) is 8.44. The number of carbonyl (C=O) groups excluding carboxylic acids is 1. The maximum Gasteiger partial charge on any atom is 0.240 e. The summed E-state index contributed by atoms with van der Waals surface area (Å²) in [5, 5.41) is 13.5. The third kappa shape index (κ3) is 3.08. The van der Waals surface area contributed by atoms with Crippen LogP contribution in [0.15, 0.2) is 18.7 Å². The van der Waals surface area contributed by atoms with Gasteiger partial charge in [0.05, 0.1) is 31.7 Å². The van der Waals surface area contributed by atoms with Crippen LogP contribution in [0.3, 0.4) is 0 Å². The van der Waals surface area contributed by atoms with Crippen molar-refractivity contribution in [2.24, 2.45) is 5.92 Å². The van der Waals surface area contributed by atoms with E-state index in [1.165, 1.54) is 0 Å². The van der Waals surface area contributed by atoms with Crippen LogP contribution in [0, 0.1) is 5.92 Å². The van der Waals surface area contributed by atoms with E-state index < -0.39 is 6.10 Å². The minimum absolute atomic E-state index is 0.0942. The molecular formula is C17H26N4O3. The molecule has 1 amide bonds. The normalized spacial score (nSPS) is 32.6. The zero-order chi connectivity index (χ0) is 16.6. The lowest BCUT2D eigenvalue weighted by molar-refractivity contribution is -0.131. The number of carbonyl (C=O) groups is 1. The van der Waals surface area contributed by atoms with Crippen LogP contribution in [0.2, 0.25) is 0 Å². The number of hydrogen-bond acceptors (Lipinski definition) is 5. The largest absolute Gasteiger partial charge is 0.391 e. The van der Waals surface area contributed by atoms with E-state index in [1.54, 1.807) is 12.5 Å². The molecular weight excluding hydrogens is 308 g/mol. The molecule has 2 saturated carbocycles. The SMILES string of the molecule is O=C(N[C@@H]1CC(Cn2ccnc2)C[C@H]1O)C1(N2CCOCC2)CC1. The molecule has 3 atom stereocenters. The van der Waals surface area contributed by atoms with E-state index in [9.17, 15) is 9.90 Å². The lowest BCUT2D eigenvalue weighted by Crippen LogP contribution is -2.55. The van der Waals surface area contributed by atoms with Gasteiger partial charge in [0.25, 0.3) is 0 Å². The number of rotatable bonds is 5. The van der Waals surface area contributed by atoms with Crippen LogP contribution in [-0.2, 0) is 16.1 Å². The first-order valence-electron chi connectivity index (χ1n) is 8.95. The maximum atomic E-state index is 12.8. The Morgan fingerprint density at radius 1 is 1.33 bits per heavy atom. The molecule has 3 fully saturated rings. The molecule has 1 aliphatic heterocycles. The van der Waals surface area contributed by atoms with E-state index in [0.717, 1.165) is 45.3 Å². The van der Waals surface area contributed by atoms with Crippen LogP contribution in [0.1, 0.15) is 25.7 Å². The van der Waals surface area contributed by atoms with Crippen LogP contribution in [0.4, 0.5) is 0 Å². The molecule has 7 heteroatoms. The number of aliphatic hydroxyl groups is 1. The van der Waals surface area contributed by atoms with Gasteiger partial charge in [-0.2, -0.15) is 0 Å². The van der Waals surface area contributed by atoms with Gasteiger partial charge >= 0.3 is 0 Å². The lowest BCUT2D eigenvalue weighted by Gasteiger charge is -2.34. The van der Waals surface area contributed by atoms with Gasteiger partial charge < -0.3 is 19.7 Å². The Hall–Kier alpha value is -1.44. The van der Waals surface area contributed by atoms with E-state index >= 15 is 0 Å². The summed E-state index contributed by atoms with van der Waals surface area (Å²) < 4.78 is 7.44. The number of amides is 1. The summed E-state index contributed by atoms with van der Waals surface area (Å²) in [7, 11) is 0. The minimum Gasteiger partial charge on any atom is -0.391 e. The van der Waals surface area contributed by atoms with Crippen molar-refractivity contribution in [3.05, 3.63) is 18.7 Å². The second-order valence-corrected chi connectivity index (χ2v) is 7.38. The van der Waals surface area contributed by atoms with Gasteiger partial charge in [0.1, 0.15) is 5.54 Å². The molecule has 0 spiro atoms. The number of hydrogen-bond donors (Lipinski definition) is 2. The fraction of sp³-hybridized carbons (Fsp3) is 0.765. The van der Waals surface area contributed by atoms with Crippen molar-refractivity contribution in [1.82, 2.24) is 19.8 Å². The standard InChI is InChI=1S/C17H26N4O3/c22-15-10-13(11-20-4-3-18-12-20)9-14(15)19-16(23)17(1-2-17)21-5-7-24-8-6-21/h3-4,12-15,22H,1-2,5-11H2,(H,19,23)/t13?,14-,15-/m1/s1. The lowest BCUT2D eigenvalue weighted by atomic mass is 10.1. The predicted molar refractivity (Wildman–Crippen MR) is 87.2 cm³/mol. The van der Waals surface area contributed by atoms with Crippen molar-refractivity contribution in [3.63, 3.8) is 0 Å². The Labute approximate surface area is 142 Å². The van der Waals surface area contributed by atoms with Crippen molar-refractivity contribution in [2.75, 3.05) is 26.3 Å². The molecule has 0 aromatic carbocycles. The molecule has 0 bridgehead atoms. The van der Waals surface area contributed by atoms with Crippen LogP contribution >= 0.6 is 0 Å². The molecule has 1 saturated heterocycles. The third-order valence-corrected chi connectivity index (χ3v) is 5.73. The minimum atomic E-state index is -0.456. The quantitative estimate of drug-likeness (QED) is 0.793. The number of aliphatic hydroxyl groups excluding tert-OH is 1. The number of aromatic nitrogens is 2. The van der Waals surface area contributed by atoms with Crippen molar-refractivity contribution < 1.29 is 14.6 Å². The summed E-state index contributed by atoms with van der Waals surface area (Å²) in [5.74, 6) is 0.467. The maximum absolute atomic E-state index is 12.8. The van der Waals surface area contributed by atoms with Crippen LogP contribution < -0.4 is 5.32 Å². The fourth-order valence-corrected chi connectivity index (χ4v) is 4.21. The van der Waals surface area contributed by atoms with Crippen molar-refractivity contribution >= 4 is 5.91 Å². The van der Waals surface area contributed by atoms with E-state index in [4.69, 9.17) is 4.74 Å². The highest BCUT2D eigenvalue weighted by Crippen LogP contribution is 2.43. The Kier molecular flexibility index (Phi) is 4.32. The molecule has 132 valence electrons. The molecule has 4 rings (SSSR count). The van der Waals surface area contributed by atoms with Gasteiger partial charge in [-0.05, 0) is 31.6 Å². The van der Waals surface area contributed by atoms with Crippen molar-refractivity contribution in [2.45, 2.75) is 49.9 Å². The summed E-state index contributed by atoms with van der Waals surface area (Å²) in [4.78, 5) is 19.1. The molecule has 2 aliphatic carbocycles. The van der Waals surface area contributed by atoms with Crippen LogP contribution in [0.5, 0.6) is 0 Å². The van der Waals surface area contributed by atoms with Gasteiger partial charge in [0.15, 0.2) is 0 Å². The zero-order valence-electron chi connectivity index (χ0n) is 13.9. The number of morpholine rings is 1. The van der Waals surface area contributed by atoms with Gasteiger partial charge in [-0.3, -0.25) is 9.69 Å². The average molecular weight is 334 g/mol. The molecule has 1 aromatic rings. The number of ether oxygens (including phenoxy) is 1. The van der Waals surface area contributed by atoms with Gasteiger partial charge in [-0.1, -0.05) is 0 Å². The predicted octanol–water partition coefficient (Wildman–Crippen LogP) is 0.00360. The fourth-order valence-electron chi connectivity index (χ4n) is 4.21. The number of nitrogens with zero attached hydrogens (tertiary/aromatic N) is 3. The highest BCUT2D eigenvalue weighted by molar-refractivity contribution is 5.89. The van der Waals surface area contributed by atoms with Crippen LogP contribution in [-0.4, -0.2) is 69.5 Å². The monoisotopic (exact) mass is 334 g/mol. The Morgan fingerprint density at radius 2 is 2.12 bits per heavy atom. The van der Waals surface area contributed by atoms with Crippen molar-refractivity contribution in [1.29, 1.82) is 0 Å². The summed E-state index contributed by atoms with van der Waals surface area (Å²) in [6.45, 7) is 3.90. The first-order chi connectivity index (χ1) is 11.7. The summed E-state index contributed by atoms with van der Waals surface area (Å²) in [6, 6.07) is -0.135. The molecule has 3 aliphatic rings. The van der Waals surface area contributed by atoms with Gasteiger partial charge in [-0.15, -0.1) is 0 Å². The first kappa shape index (κ1) is 16.1. The first-order valence-corrected chi connectivity index (χ1v) is 8.95. The molecule has 2 heterocycles. The van der Waals surface area contributed by atoms with E-state index in [0.29, 0.717) is 19.1 Å². The number of imidazole rings is 1. The van der Waals surface area contributed by atoms with Gasteiger partial charge in [0.2, 0.25) is 5.91 Å². The second kappa shape index (κ2) is 6.46. The van der Waals surface area contributed by atoms with Gasteiger partial charge in [0, 0.05) is 32.0 Å². The molecule has 1 aromatic heterocycles. The topological polar surface area (TPSA) is 79.6 Å². The molecule has 7 nitrogen and oxygen atoms in total.